The van der Waals surface area contributed by atoms with Gasteiger partial charge in [-0.3, -0.25) is 4.79 Å². The van der Waals surface area contributed by atoms with E-state index >= 15 is 0 Å². The summed E-state index contributed by atoms with van der Waals surface area (Å²) in [6.07, 6.45) is 5.02. The summed E-state index contributed by atoms with van der Waals surface area (Å²) in [6.45, 7) is 0.519. The van der Waals surface area contributed by atoms with Crippen molar-refractivity contribution in [3.05, 3.63) is 12.2 Å². The number of alkyl halides is 3. The Labute approximate surface area is 174 Å². The van der Waals surface area contributed by atoms with Gasteiger partial charge in [0.1, 0.15) is 0 Å². The van der Waals surface area contributed by atoms with Crippen molar-refractivity contribution in [2.24, 2.45) is 71.0 Å². The van der Waals surface area contributed by atoms with Crippen LogP contribution in [0.5, 0.6) is 0 Å². The van der Waals surface area contributed by atoms with E-state index in [2.05, 4.69) is 12.2 Å². The minimum Gasteiger partial charge on any atom is -0.436 e. The molecule has 164 valence electrons. The third-order valence-corrected chi connectivity index (χ3v) is 10.4. The van der Waals surface area contributed by atoms with Gasteiger partial charge >= 0.3 is 12.1 Å². The topological polar surface area (TPSA) is 35.5 Å². The summed E-state index contributed by atoms with van der Waals surface area (Å²) >= 11 is 0. The average molecular weight is 422 g/mol. The zero-order valence-corrected chi connectivity index (χ0v) is 17.0. The molecule has 13 atom stereocenters. The summed E-state index contributed by atoms with van der Waals surface area (Å²) in [7, 11) is 0. The fraction of sp³-hybridized carbons (Fsp3) is 0.875. The zero-order chi connectivity index (χ0) is 20.4. The Morgan fingerprint density at radius 1 is 0.867 bits per heavy atom. The molecule has 3 nitrogen and oxygen atoms in total. The number of hydrogen-bond donors (Lipinski definition) is 0. The molecule has 0 radical (unpaired) electrons. The van der Waals surface area contributed by atoms with Crippen molar-refractivity contribution in [3.8, 4) is 0 Å². The van der Waals surface area contributed by atoms with Crippen LogP contribution in [0.1, 0.15) is 38.5 Å². The monoisotopic (exact) mass is 422 g/mol. The Morgan fingerprint density at radius 2 is 1.53 bits per heavy atom. The Morgan fingerprint density at radius 3 is 2.17 bits per heavy atom. The van der Waals surface area contributed by atoms with E-state index in [1.165, 1.54) is 6.42 Å². The van der Waals surface area contributed by atoms with Gasteiger partial charge < -0.3 is 9.47 Å². The maximum Gasteiger partial charge on any atom is 0.392 e. The van der Waals surface area contributed by atoms with Crippen LogP contribution in [0.3, 0.4) is 0 Å². The molecule has 1 heterocycles. The highest BCUT2D eigenvalue weighted by molar-refractivity contribution is 5.74. The summed E-state index contributed by atoms with van der Waals surface area (Å²) in [4.78, 5) is 13.1. The Bertz CT molecular complexity index is 787. The second-order valence-corrected chi connectivity index (χ2v) is 11.2. The highest BCUT2D eigenvalue weighted by atomic mass is 19.4. The fourth-order valence-corrected chi connectivity index (χ4v) is 10.1. The quantitative estimate of drug-likeness (QED) is 0.364. The van der Waals surface area contributed by atoms with Gasteiger partial charge in [-0.25, -0.2) is 0 Å². The second-order valence-electron chi connectivity index (χ2n) is 11.2. The molecule has 6 aliphatic carbocycles. The van der Waals surface area contributed by atoms with Gasteiger partial charge in [0.2, 0.25) is 6.29 Å². The van der Waals surface area contributed by atoms with Gasteiger partial charge in [-0.05, 0) is 91.3 Å². The number of halogens is 3. The molecular weight excluding hydrogens is 393 g/mol. The summed E-state index contributed by atoms with van der Waals surface area (Å²) in [6, 6.07) is 0. The first-order valence-electron chi connectivity index (χ1n) is 12.0. The predicted octanol–water partition coefficient (Wildman–Crippen LogP) is 4.82. The molecule has 0 aromatic heterocycles. The molecule has 1 aliphatic heterocycles. The summed E-state index contributed by atoms with van der Waals surface area (Å²) in [5, 5.41) is 0. The molecule has 5 saturated carbocycles. The maximum atomic E-state index is 14.3. The van der Waals surface area contributed by atoms with E-state index in [9.17, 15) is 18.0 Å². The summed E-state index contributed by atoms with van der Waals surface area (Å²) in [5.74, 6) is 0.243. The number of carbonyl (C=O) groups is 1. The molecule has 6 bridgehead atoms. The van der Waals surface area contributed by atoms with Crippen molar-refractivity contribution in [1.82, 2.24) is 0 Å². The van der Waals surface area contributed by atoms with Crippen LogP contribution in [0.25, 0.3) is 0 Å². The lowest BCUT2D eigenvalue weighted by molar-refractivity contribution is -0.231. The van der Waals surface area contributed by atoms with Crippen LogP contribution in [0.15, 0.2) is 12.2 Å². The van der Waals surface area contributed by atoms with Crippen LogP contribution in [-0.4, -0.2) is 25.0 Å². The molecule has 7 rings (SSSR count). The van der Waals surface area contributed by atoms with Gasteiger partial charge in [-0.15, -0.1) is 0 Å². The Hall–Kier alpha value is -1.04. The SMILES string of the molecule is O=C(OC1CCCCO1)C1C2CC(C3C4CC(C5C6C=CC(C6)C45)C23)C1C(F)(F)F. The van der Waals surface area contributed by atoms with Crippen molar-refractivity contribution in [1.29, 1.82) is 0 Å². The van der Waals surface area contributed by atoms with Crippen LogP contribution >= 0.6 is 0 Å². The molecule has 1 saturated heterocycles. The van der Waals surface area contributed by atoms with E-state index < -0.39 is 30.3 Å². The van der Waals surface area contributed by atoms with E-state index in [-0.39, 0.29) is 17.8 Å². The van der Waals surface area contributed by atoms with Gasteiger partial charge in [-0.2, -0.15) is 13.2 Å². The Balaban J connectivity index is 1.20. The Kier molecular flexibility index (Phi) is 3.74. The molecule has 0 aromatic rings. The van der Waals surface area contributed by atoms with E-state index in [4.69, 9.17) is 9.47 Å². The predicted molar refractivity (Wildman–Crippen MR) is 101 cm³/mol. The van der Waals surface area contributed by atoms with Gasteiger partial charge in [0.25, 0.3) is 0 Å². The smallest absolute Gasteiger partial charge is 0.392 e. The lowest BCUT2D eigenvalue weighted by atomic mass is 9.57. The van der Waals surface area contributed by atoms with Crippen molar-refractivity contribution in [3.63, 3.8) is 0 Å². The van der Waals surface area contributed by atoms with E-state index in [0.717, 1.165) is 19.3 Å². The highest BCUT2D eigenvalue weighted by Gasteiger charge is 2.76. The number of rotatable bonds is 2. The van der Waals surface area contributed by atoms with Crippen LogP contribution in [0.2, 0.25) is 0 Å². The van der Waals surface area contributed by atoms with Gasteiger partial charge in [0.15, 0.2) is 0 Å². The third-order valence-electron chi connectivity index (χ3n) is 10.4. The molecule has 0 N–H and O–H groups in total. The first-order chi connectivity index (χ1) is 14.4. The van der Waals surface area contributed by atoms with Crippen LogP contribution in [0.4, 0.5) is 13.2 Å². The molecule has 0 amide bonds. The first-order valence-corrected chi connectivity index (χ1v) is 12.0. The lowest BCUT2D eigenvalue weighted by Gasteiger charge is -2.48. The van der Waals surface area contributed by atoms with Crippen LogP contribution in [0, 0.1) is 71.0 Å². The zero-order valence-electron chi connectivity index (χ0n) is 17.0. The normalized spacial score (nSPS) is 57.1. The molecule has 30 heavy (non-hydrogen) atoms. The molecular formula is C24H29F3O3. The second kappa shape index (κ2) is 6.05. The van der Waals surface area contributed by atoms with Crippen molar-refractivity contribution < 1.29 is 27.4 Å². The van der Waals surface area contributed by atoms with Gasteiger partial charge in [0.05, 0.1) is 18.4 Å². The summed E-state index contributed by atoms with van der Waals surface area (Å²) < 4.78 is 53.9. The maximum absolute atomic E-state index is 14.3. The largest absolute Gasteiger partial charge is 0.436 e. The van der Waals surface area contributed by atoms with Gasteiger partial charge in [-0.1, -0.05) is 12.2 Å². The van der Waals surface area contributed by atoms with Crippen molar-refractivity contribution in [2.75, 3.05) is 6.61 Å². The first kappa shape index (κ1) is 18.5. The molecule has 0 aromatic carbocycles. The minimum absolute atomic E-state index is 0.151. The van der Waals surface area contributed by atoms with Crippen LogP contribution < -0.4 is 0 Å². The number of hydrogen-bond acceptors (Lipinski definition) is 3. The minimum atomic E-state index is -4.34. The standard InChI is InChI=1S/C24H29F3O3/c25-24(26,27)22-15-9-14(21(22)23(28)30-16-3-1-2-6-29-16)19-12-8-13(20(15)19)18-11-5-4-10(7-11)17(12)18/h4-5,10-22H,1-3,6-9H2. The number of allylic oxidation sites excluding steroid dienone is 2. The molecule has 6 fully saturated rings. The lowest BCUT2D eigenvalue weighted by Crippen LogP contribution is -2.50. The average Bonchev–Trinajstić information content (AvgIpc) is 3.53. The number of esters is 1. The van der Waals surface area contributed by atoms with Crippen LogP contribution in [-0.2, 0) is 14.3 Å². The van der Waals surface area contributed by atoms with E-state index in [1.807, 2.05) is 0 Å². The molecule has 0 spiro atoms. The van der Waals surface area contributed by atoms with Gasteiger partial charge in [0, 0.05) is 6.42 Å². The highest BCUT2D eigenvalue weighted by Crippen LogP contribution is 2.78. The molecule has 13 unspecified atom stereocenters. The number of ether oxygens (including phenoxy) is 2. The number of carbonyl (C=O) groups excluding carboxylic acids is 1. The number of fused-ring (bicyclic) bond motifs is 16. The fourth-order valence-electron chi connectivity index (χ4n) is 10.1. The van der Waals surface area contributed by atoms with Crippen molar-refractivity contribution in [2.45, 2.75) is 51.0 Å². The molecule has 7 aliphatic rings. The molecule has 6 heteroatoms. The third kappa shape index (κ3) is 2.25. The van der Waals surface area contributed by atoms with E-state index in [1.54, 1.807) is 0 Å². The van der Waals surface area contributed by atoms with E-state index in [0.29, 0.717) is 60.9 Å². The summed E-state index contributed by atoms with van der Waals surface area (Å²) in [5.41, 5.74) is 0. The van der Waals surface area contributed by atoms with Crippen molar-refractivity contribution >= 4 is 5.97 Å².